The lowest BCUT2D eigenvalue weighted by atomic mass is 9.42. The maximum absolute atomic E-state index is 10.9. The van der Waals surface area contributed by atoms with Gasteiger partial charge < -0.3 is 9.84 Å². The lowest BCUT2D eigenvalue weighted by Gasteiger charge is -2.66. The highest BCUT2D eigenvalue weighted by Crippen LogP contribution is 2.71. The van der Waals surface area contributed by atoms with Gasteiger partial charge in [0.1, 0.15) is 6.10 Å². The first kappa shape index (κ1) is 19.3. The Kier molecular flexibility index (Phi) is 3.83. The summed E-state index contributed by atoms with van der Waals surface area (Å²) in [6, 6.07) is 16.2. The molecule has 4 bridgehead atoms. The number of ether oxygens (including phenoxy) is 1. The molecule has 0 aromatic heterocycles. The van der Waals surface area contributed by atoms with Gasteiger partial charge in [-0.15, -0.1) is 0 Å². The second kappa shape index (κ2) is 6.55. The van der Waals surface area contributed by atoms with Gasteiger partial charge in [0.15, 0.2) is 11.5 Å². The largest absolute Gasteiger partial charge is 0.504 e. The lowest BCUT2D eigenvalue weighted by Crippen LogP contribution is -2.72. The molecular formula is C29H34N2O2. The maximum Gasteiger partial charge on any atom is 0.165 e. The molecule has 172 valence electrons. The number of fused-ring (bicyclic) bond motifs is 3. The van der Waals surface area contributed by atoms with Crippen LogP contribution in [0.1, 0.15) is 55.2 Å². The number of hydrogen-bond acceptors (Lipinski definition) is 4. The van der Waals surface area contributed by atoms with E-state index in [1.165, 1.54) is 74.8 Å². The number of rotatable bonds is 4. The van der Waals surface area contributed by atoms with Crippen LogP contribution in [0.5, 0.6) is 11.5 Å². The van der Waals surface area contributed by atoms with Crippen molar-refractivity contribution in [1.29, 1.82) is 0 Å². The zero-order valence-electron chi connectivity index (χ0n) is 19.4. The normalized spacial score (nSPS) is 38.6. The number of phenolic OH excluding ortho intramolecular Hbond substituents is 1. The number of nitrogens with zero attached hydrogens (tertiary/aromatic N) is 2. The molecule has 5 atom stereocenters. The first-order valence-corrected chi connectivity index (χ1v) is 13.2. The summed E-state index contributed by atoms with van der Waals surface area (Å²) in [6.45, 7) is 4.66. The fourth-order valence-corrected chi connectivity index (χ4v) is 9.08. The molecule has 3 aliphatic carbocycles. The molecule has 2 spiro atoms. The predicted molar refractivity (Wildman–Crippen MR) is 128 cm³/mol. The molecule has 33 heavy (non-hydrogen) atoms. The molecule has 7 aliphatic rings. The van der Waals surface area contributed by atoms with Crippen LogP contribution in [0, 0.1) is 11.3 Å². The minimum atomic E-state index is 0.0771. The second-order valence-corrected chi connectivity index (χ2v) is 11.8. The zero-order chi connectivity index (χ0) is 21.8. The Balaban J connectivity index is 1.28. The van der Waals surface area contributed by atoms with Gasteiger partial charge in [-0.2, -0.15) is 0 Å². The third-order valence-electron chi connectivity index (χ3n) is 10.5. The third kappa shape index (κ3) is 2.39. The van der Waals surface area contributed by atoms with E-state index in [9.17, 15) is 5.11 Å². The van der Waals surface area contributed by atoms with Crippen LogP contribution in [-0.2, 0) is 18.4 Å². The molecule has 2 saturated carbocycles. The standard InChI is InChI=1S/C29H34N2O2/c32-23-9-8-21-16-24-28-11-10-22(30(14-12-28)17-19-4-2-1-3-5-19)27-29(28,25(21)26(23)33-27)13-15-31(24)18-20-6-7-20/h1-5,8-9,20,22,24,27,32H,6-7,10-18H2/t22-,24+,27+,28-,29+/m1/s1. The fraction of sp³-hybridized carbons (Fsp3) is 0.586. The Morgan fingerprint density at radius 2 is 1.79 bits per heavy atom. The van der Waals surface area contributed by atoms with Gasteiger partial charge in [0.2, 0.25) is 0 Å². The zero-order valence-corrected chi connectivity index (χ0v) is 19.4. The fourth-order valence-electron chi connectivity index (χ4n) is 9.08. The van der Waals surface area contributed by atoms with Gasteiger partial charge in [-0.1, -0.05) is 36.4 Å². The second-order valence-electron chi connectivity index (χ2n) is 11.8. The highest BCUT2D eigenvalue weighted by molar-refractivity contribution is 5.62. The predicted octanol–water partition coefficient (Wildman–Crippen LogP) is 4.49. The van der Waals surface area contributed by atoms with Crippen LogP contribution in [0.25, 0.3) is 0 Å². The van der Waals surface area contributed by atoms with Crippen molar-refractivity contribution in [1.82, 2.24) is 9.80 Å². The number of hydrogen-bond donors (Lipinski definition) is 1. The molecule has 4 aliphatic heterocycles. The Labute approximate surface area is 196 Å². The number of benzene rings is 2. The van der Waals surface area contributed by atoms with Crippen LogP contribution in [0.2, 0.25) is 0 Å². The summed E-state index contributed by atoms with van der Waals surface area (Å²) in [5.74, 6) is 2.13. The maximum atomic E-state index is 10.9. The molecule has 5 fully saturated rings. The van der Waals surface area contributed by atoms with Gasteiger partial charge in [0.25, 0.3) is 0 Å². The van der Waals surface area contributed by atoms with Crippen molar-refractivity contribution >= 4 is 0 Å². The summed E-state index contributed by atoms with van der Waals surface area (Å²) in [5.41, 5.74) is 4.63. The van der Waals surface area contributed by atoms with Gasteiger partial charge >= 0.3 is 0 Å². The molecule has 2 aromatic carbocycles. The van der Waals surface area contributed by atoms with Crippen molar-refractivity contribution < 1.29 is 9.84 Å². The topological polar surface area (TPSA) is 35.9 Å². The van der Waals surface area contributed by atoms with E-state index in [1.807, 2.05) is 6.07 Å². The Morgan fingerprint density at radius 3 is 2.64 bits per heavy atom. The minimum Gasteiger partial charge on any atom is -0.504 e. The third-order valence-corrected chi connectivity index (χ3v) is 10.5. The lowest BCUT2D eigenvalue weighted by molar-refractivity contribution is -0.130. The van der Waals surface area contributed by atoms with Gasteiger partial charge in [0, 0.05) is 41.6 Å². The summed E-state index contributed by atoms with van der Waals surface area (Å²) >= 11 is 0. The van der Waals surface area contributed by atoms with Crippen molar-refractivity contribution in [2.75, 3.05) is 19.6 Å². The molecule has 3 saturated heterocycles. The van der Waals surface area contributed by atoms with Gasteiger partial charge in [-0.3, -0.25) is 9.80 Å². The molecule has 4 nitrogen and oxygen atoms in total. The average molecular weight is 443 g/mol. The van der Waals surface area contributed by atoms with E-state index < -0.39 is 0 Å². The van der Waals surface area contributed by atoms with Crippen LogP contribution in [0.3, 0.4) is 0 Å². The quantitative estimate of drug-likeness (QED) is 0.757. The molecule has 0 amide bonds. The highest BCUT2D eigenvalue weighted by atomic mass is 16.5. The minimum absolute atomic E-state index is 0.0771. The number of piperidine rings is 1. The molecule has 0 radical (unpaired) electrons. The molecule has 9 rings (SSSR count). The van der Waals surface area contributed by atoms with Crippen molar-refractivity contribution in [3.63, 3.8) is 0 Å². The smallest absolute Gasteiger partial charge is 0.165 e. The van der Waals surface area contributed by atoms with E-state index in [4.69, 9.17) is 4.74 Å². The van der Waals surface area contributed by atoms with E-state index in [-0.39, 0.29) is 16.9 Å². The number of likely N-dealkylation sites (tertiary alicyclic amines) is 1. The van der Waals surface area contributed by atoms with E-state index in [0.29, 0.717) is 17.8 Å². The van der Waals surface area contributed by atoms with Crippen molar-refractivity contribution in [3.8, 4) is 11.5 Å². The van der Waals surface area contributed by atoms with Crippen LogP contribution < -0.4 is 4.74 Å². The first-order chi connectivity index (χ1) is 16.2. The number of aromatic hydroxyl groups is 1. The van der Waals surface area contributed by atoms with Crippen molar-refractivity contribution in [2.45, 2.75) is 75.1 Å². The van der Waals surface area contributed by atoms with E-state index in [2.05, 4.69) is 46.2 Å². The SMILES string of the molecule is Oc1ccc2c3c1O[C@H]1[C@H]4CC[C@@]5(CCN4Cc4ccccc4)[C@H](C2)N(CC2CC2)CC[C@]315. The van der Waals surface area contributed by atoms with E-state index >= 15 is 0 Å². The van der Waals surface area contributed by atoms with Gasteiger partial charge in [-0.25, -0.2) is 0 Å². The summed E-state index contributed by atoms with van der Waals surface area (Å²) in [7, 11) is 0. The van der Waals surface area contributed by atoms with Crippen LogP contribution in [0.4, 0.5) is 0 Å². The van der Waals surface area contributed by atoms with Gasteiger partial charge in [0.05, 0.1) is 0 Å². The average Bonchev–Trinajstić information content (AvgIpc) is 3.62. The first-order valence-electron chi connectivity index (χ1n) is 13.2. The Morgan fingerprint density at radius 1 is 0.939 bits per heavy atom. The Hall–Kier alpha value is -2.04. The summed E-state index contributed by atoms with van der Waals surface area (Å²) in [4.78, 5) is 5.64. The van der Waals surface area contributed by atoms with Gasteiger partial charge in [-0.05, 0) is 81.1 Å². The van der Waals surface area contributed by atoms with Crippen molar-refractivity contribution in [2.24, 2.45) is 11.3 Å². The van der Waals surface area contributed by atoms with Crippen LogP contribution in [-0.4, -0.2) is 52.7 Å². The summed E-state index contributed by atoms with van der Waals surface area (Å²) in [5, 5.41) is 10.9. The monoisotopic (exact) mass is 442 g/mol. The summed E-state index contributed by atoms with van der Waals surface area (Å²) in [6.07, 6.45) is 9.14. The van der Waals surface area contributed by atoms with E-state index in [0.717, 1.165) is 24.6 Å². The molecule has 4 heterocycles. The van der Waals surface area contributed by atoms with Crippen LogP contribution >= 0.6 is 0 Å². The summed E-state index contributed by atoms with van der Waals surface area (Å²) < 4.78 is 6.90. The molecular weight excluding hydrogens is 408 g/mol. The van der Waals surface area contributed by atoms with E-state index in [1.54, 1.807) is 0 Å². The molecule has 4 heteroatoms. The van der Waals surface area contributed by atoms with Crippen LogP contribution in [0.15, 0.2) is 42.5 Å². The highest BCUT2D eigenvalue weighted by Gasteiger charge is 2.74. The molecule has 1 N–H and O–H groups in total. The van der Waals surface area contributed by atoms with Crippen molar-refractivity contribution in [3.05, 3.63) is 59.2 Å². The molecule has 2 aromatic rings. The Bertz CT molecular complexity index is 1110. The molecule has 0 unspecified atom stereocenters. The number of phenols is 1.